The van der Waals surface area contributed by atoms with Gasteiger partial charge in [0.05, 0.1) is 13.7 Å². The normalized spacial score (nSPS) is 12.2. The molecule has 0 saturated carbocycles. The second-order valence-corrected chi connectivity index (χ2v) is 10.1. The molecule has 0 aliphatic heterocycles. The van der Waals surface area contributed by atoms with Crippen LogP contribution in [0.3, 0.4) is 0 Å². The zero-order chi connectivity index (χ0) is 26.7. The number of benzene rings is 2. The molecule has 0 bridgehead atoms. The summed E-state index contributed by atoms with van der Waals surface area (Å²) < 4.78 is 16.6. The molecule has 0 aliphatic carbocycles. The number of nitrogens with two attached hydrogens (primary N) is 1. The minimum atomic E-state index is -0.527. The molecule has 0 spiro atoms. The van der Waals surface area contributed by atoms with E-state index in [0.29, 0.717) is 30.2 Å². The van der Waals surface area contributed by atoms with Gasteiger partial charge in [-0.3, -0.25) is 9.59 Å². The lowest BCUT2D eigenvalue weighted by Crippen LogP contribution is -2.22. The lowest BCUT2D eigenvalue weighted by atomic mass is 9.85. The van der Waals surface area contributed by atoms with Gasteiger partial charge in [-0.15, -0.1) is 0 Å². The lowest BCUT2D eigenvalue weighted by Gasteiger charge is -2.25. The molecule has 36 heavy (non-hydrogen) atoms. The molecule has 0 radical (unpaired) electrons. The number of carbonyl (C=O) groups excluding carboxylic acids is 2. The molecule has 0 heterocycles. The fourth-order valence-electron chi connectivity index (χ4n) is 4.21. The first-order valence-corrected chi connectivity index (χ1v) is 12.6. The molecular formula is C29H42N2O5. The van der Waals surface area contributed by atoms with Crippen LogP contribution in [0.2, 0.25) is 0 Å². The molecule has 2 aromatic rings. The number of carbonyl (C=O) groups is 2. The van der Waals surface area contributed by atoms with Crippen molar-refractivity contribution in [1.82, 2.24) is 0 Å². The Hall–Kier alpha value is -3.06. The maximum atomic E-state index is 13.3. The fraction of sp³-hybridized carbons (Fsp3) is 0.517. The van der Waals surface area contributed by atoms with Gasteiger partial charge in [-0.25, -0.2) is 0 Å². The van der Waals surface area contributed by atoms with E-state index in [1.807, 2.05) is 24.3 Å². The average molecular weight is 499 g/mol. The number of amides is 2. The van der Waals surface area contributed by atoms with Crippen molar-refractivity contribution in [3.05, 3.63) is 53.1 Å². The summed E-state index contributed by atoms with van der Waals surface area (Å²) in [6.07, 6.45) is 3.95. The van der Waals surface area contributed by atoms with Crippen LogP contribution >= 0.6 is 0 Å². The minimum Gasteiger partial charge on any atom is -0.496 e. The van der Waals surface area contributed by atoms with E-state index in [1.54, 1.807) is 26.4 Å². The molecule has 2 rings (SSSR count). The largest absolute Gasteiger partial charge is 0.496 e. The Morgan fingerprint density at radius 2 is 1.78 bits per heavy atom. The first-order chi connectivity index (χ1) is 17.1. The highest BCUT2D eigenvalue weighted by atomic mass is 16.5. The van der Waals surface area contributed by atoms with Gasteiger partial charge in [-0.2, -0.15) is 0 Å². The van der Waals surface area contributed by atoms with Crippen molar-refractivity contribution in [2.75, 3.05) is 32.8 Å². The van der Waals surface area contributed by atoms with Gasteiger partial charge in [0, 0.05) is 43.9 Å². The number of nitrogens with one attached hydrogen (secondary N) is 1. The van der Waals surface area contributed by atoms with E-state index in [0.717, 1.165) is 42.6 Å². The second kappa shape index (κ2) is 13.9. The molecule has 2 aromatic carbocycles. The van der Waals surface area contributed by atoms with Crippen LogP contribution < -0.4 is 20.5 Å². The van der Waals surface area contributed by atoms with Gasteiger partial charge in [-0.05, 0) is 47.1 Å². The number of primary amides is 1. The molecule has 7 nitrogen and oxygen atoms in total. The summed E-state index contributed by atoms with van der Waals surface area (Å²) in [6.45, 7) is 9.53. The Morgan fingerprint density at radius 3 is 2.39 bits per heavy atom. The number of hydrogen-bond acceptors (Lipinski definition) is 5. The molecule has 1 atom stereocenters. The van der Waals surface area contributed by atoms with Gasteiger partial charge in [0.25, 0.3) is 0 Å². The van der Waals surface area contributed by atoms with E-state index in [2.05, 4.69) is 33.0 Å². The predicted molar refractivity (Wildman–Crippen MR) is 144 cm³/mol. The summed E-state index contributed by atoms with van der Waals surface area (Å²) in [5, 5.41) is 3.05. The number of hydrogen-bond donors (Lipinski definition) is 2. The molecule has 0 aromatic heterocycles. The molecular weight excluding hydrogens is 456 g/mol. The van der Waals surface area contributed by atoms with Crippen molar-refractivity contribution in [1.29, 1.82) is 0 Å². The van der Waals surface area contributed by atoms with Gasteiger partial charge >= 0.3 is 0 Å². The van der Waals surface area contributed by atoms with Crippen molar-refractivity contribution in [2.24, 2.45) is 5.73 Å². The van der Waals surface area contributed by atoms with Crippen molar-refractivity contribution >= 4 is 17.5 Å². The third-order valence-electron chi connectivity index (χ3n) is 6.13. The van der Waals surface area contributed by atoms with Crippen molar-refractivity contribution in [3.8, 4) is 11.5 Å². The summed E-state index contributed by atoms with van der Waals surface area (Å²) in [4.78, 5) is 25.0. The Morgan fingerprint density at radius 1 is 1.03 bits per heavy atom. The van der Waals surface area contributed by atoms with E-state index in [1.165, 1.54) is 0 Å². The number of ether oxygens (including phenoxy) is 3. The summed E-state index contributed by atoms with van der Waals surface area (Å²) in [6, 6.07) is 11.0. The minimum absolute atomic E-state index is 0.0279. The first kappa shape index (κ1) is 29.2. The van der Waals surface area contributed by atoms with Crippen LogP contribution in [0.1, 0.15) is 87.2 Å². The van der Waals surface area contributed by atoms with E-state index in [-0.39, 0.29) is 23.7 Å². The Kier molecular flexibility index (Phi) is 11.2. The van der Waals surface area contributed by atoms with Crippen molar-refractivity contribution in [3.63, 3.8) is 0 Å². The van der Waals surface area contributed by atoms with Gasteiger partial charge in [0.2, 0.25) is 11.8 Å². The van der Waals surface area contributed by atoms with Crippen molar-refractivity contribution in [2.45, 2.75) is 71.1 Å². The Balaban J connectivity index is 2.27. The van der Waals surface area contributed by atoms with Crippen LogP contribution in [0.25, 0.3) is 0 Å². The van der Waals surface area contributed by atoms with Gasteiger partial charge in [0.15, 0.2) is 0 Å². The summed E-state index contributed by atoms with van der Waals surface area (Å²) in [5.74, 6) is 0.758. The number of anilines is 1. The number of unbranched alkanes of at least 4 members (excludes halogenated alkanes) is 1. The van der Waals surface area contributed by atoms with Crippen LogP contribution in [0.15, 0.2) is 36.4 Å². The standard InChI is InChI=1S/C29H42N2O5/c1-7-8-10-20(23-13-12-22(19-26(23)35-6)36-16-9-15-34-5)18-27(32)31-25-17-21(28(30)33)11-14-24(25)29(2,3)4/h11-14,17,19-20H,7-10,15-16,18H2,1-6H3,(H2,30,33)(H,31,32). The highest BCUT2D eigenvalue weighted by molar-refractivity contribution is 5.97. The van der Waals surface area contributed by atoms with E-state index in [9.17, 15) is 9.59 Å². The Labute approximate surface area is 215 Å². The maximum Gasteiger partial charge on any atom is 0.248 e. The van der Waals surface area contributed by atoms with E-state index < -0.39 is 5.91 Å². The fourth-order valence-corrected chi connectivity index (χ4v) is 4.21. The van der Waals surface area contributed by atoms with Crippen molar-refractivity contribution < 1.29 is 23.8 Å². The van der Waals surface area contributed by atoms with Gasteiger partial charge in [-0.1, -0.05) is 52.7 Å². The second-order valence-electron chi connectivity index (χ2n) is 10.1. The quantitative estimate of drug-likeness (QED) is 0.320. The van der Waals surface area contributed by atoms with Crippen LogP contribution in [-0.4, -0.2) is 39.2 Å². The first-order valence-electron chi connectivity index (χ1n) is 12.6. The predicted octanol–water partition coefficient (Wildman–Crippen LogP) is 5.81. The highest BCUT2D eigenvalue weighted by Gasteiger charge is 2.23. The van der Waals surface area contributed by atoms with Crippen LogP contribution in [0.5, 0.6) is 11.5 Å². The average Bonchev–Trinajstić information content (AvgIpc) is 2.83. The van der Waals surface area contributed by atoms with Gasteiger partial charge < -0.3 is 25.3 Å². The van der Waals surface area contributed by atoms with Crippen LogP contribution in [-0.2, 0) is 14.9 Å². The molecule has 0 aliphatic rings. The molecule has 0 saturated heterocycles. The topological polar surface area (TPSA) is 99.9 Å². The summed E-state index contributed by atoms with van der Waals surface area (Å²) in [7, 11) is 3.30. The third kappa shape index (κ3) is 8.55. The maximum absolute atomic E-state index is 13.3. The van der Waals surface area contributed by atoms with E-state index >= 15 is 0 Å². The molecule has 198 valence electrons. The van der Waals surface area contributed by atoms with Crippen LogP contribution in [0.4, 0.5) is 5.69 Å². The van der Waals surface area contributed by atoms with Gasteiger partial charge in [0.1, 0.15) is 11.5 Å². The lowest BCUT2D eigenvalue weighted by molar-refractivity contribution is -0.116. The Bertz CT molecular complexity index is 1010. The molecule has 2 amide bonds. The number of rotatable bonds is 14. The highest BCUT2D eigenvalue weighted by Crippen LogP contribution is 2.36. The molecule has 1 unspecified atom stereocenters. The van der Waals surface area contributed by atoms with Crippen LogP contribution in [0, 0.1) is 0 Å². The summed E-state index contributed by atoms with van der Waals surface area (Å²) >= 11 is 0. The van der Waals surface area contributed by atoms with E-state index in [4.69, 9.17) is 19.9 Å². The SMILES string of the molecule is CCCCC(CC(=O)Nc1cc(C(N)=O)ccc1C(C)(C)C)c1ccc(OCCCOC)cc1OC. The summed E-state index contributed by atoms with van der Waals surface area (Å²) in [5.41, 5.74) is 8.17. The third-order valence-corrected chi connectivity index (χ3v) is 6.13. The zero-order valence-electron chi connectivity index (χ0n) is 22.6. The smallest absolute Gasteiger partial charge is 0.248 e. The number of methoxy groups -OCH3 is 2. The molecule has 7 heteroatoms. The zero-order valence-corrected chi connectivity index (χ0v) is 22.6. The molecule has 3 N–H and O–H groups in total. The monoisotopic (exact) mass is 498 g/mol. The molecule has 0 fully saturated rings.